The molecule has 0 unspecified atom stereocenters. The number of nitrogens with zero attached hydrogens (tertiary/aromatic N) is 2. The predicted molar refractivity (Wildman–Crippen MR) is 76.9 cm³/mol. The molecule has 0 bridgehead atoms. The van der Waals surface area contributed by atoms with Gasteiger partial charge in [-0.05, 0) is 42.0 Å². The molecular weight excluding hydrogens is 278 g/mol. The first kappa shape index (κ1) is 14.0. The SMILES string of the molecule is O=C(COc1ccc(Cl)cc1)NN=Cc1ccncc1. The van der Waals surface area contributed by atoms with E-state index in [2.05, 4.69) is 15.5 Å². The molecule has 0 radical (unpaired) electrons. The summed E-state index contributed by atoms with van der Waals surface area (Å²) < 4.78 is 5.27. The summed E-state index contributed by atoms with van der Waals surface area (Å²) in [6.45, 7) is -0.116. The number of hydrogen-bond acceptors (Lipinski definition) is 4. The Kier molecular flexibility index (Phi) is 5.08. The van der Waals surface area contributed by atoms with Crippen LogP contribution in [0.5, 0.6) is 5.75 Å². The highest BCUT2D eigenvalue weighted by Gasteiger charge is 2.01. The monoisotopic (exact) mass is 289 g/mol. The van der Waals surface area contributed by atoms with Crippen LogP contribution in [0.25, 0.3) is 0 Å². The number of halogens is 1. The minimum Gasteiger partial charge on any atom is -0.484 e. The molecule has 0 atom stereocenters. The number of nitrogens with one attached hydrogen (secondary N) is 1. The number of hydrogen-bond donors (Lipinski definition) is 1. The van der Waals surface area contributed by atoms with Crippen LogP contribution in [0, 0.1) is 0 Å². The average molecular weight is 290 g/mol. The number of aromatic nitrogens is 1. The summed E-state index contributed by atoms with van der Waals surface area (Å²) in [7, 11) is 0. The van der Waals surface area contributed by atoms with E-state index in [-0.39, 0.29) is 12.5 Å². The number of carbonyl (C=O) groups excluding carboxylic acids is 1. The molecule has 20 heavy (non-hydrogen) atoms. The molecule has 102 valence electrons. The highest BCUT2D eigenvalue weighted by Crippen LogP contribution is 2.15. The Morgan fingerprint density at radius 2 is 1.95 bits per heavy atom. The Bertz CT molecular complexity index is 585. The van der Waals surface area contributed by atoms with Crippen LogP contribution < -0.4 is 10.2 Å². The van der Waals surface area contributed by atoms with Crippen LogP contribution in [-0.4, -0.2) is 23.7 Å². The quantitative estimate of drug-likeness (QED) is 0.678. The molecule has 0 spiro atoms. The van der Waals surface area contributed by atoms with Crippen LogP contribution in [0.15, 0.2) is 53.9 Å². The zero-order chi connectivity index (χ0) is 14.2. The van der Waals surface area contributed by atoms with Crippen molar-refractivity contribution in [2.24, 2.45) is 5.10 Å². The lowest BCUT2D eigenvalue weighted by molar-refractivity contribution is -0.123. The summed E-state index contributed by atoms with van der Waals surface area (Å²) in [5, 5.41) is 4.43. The zero-order valence-corrected chi connectivity index (χ0v) is 11.2. The van der Waals surface area contributed by atoms with Gasteiger partial charge in [0, 0.05) is 17.4 Å². The number of rotatable bonds is 5. The van der Waals surface area contributed by atoms with Gasteiger partial charge in [-0.3, -0.25) is 9.78 Å². The molecule has 0 saturated carbocycles. The van der Waals surface area contributed by atoms with Gasteiger partial charge in [0.05, 0.1) is 6.21 Å². The van der Waals surface area contributed by atoms with E-state index < -0.39 is 0 Å². The van der Waals surface area contributed by atoms with E-state index >= 15 is 0 Å². The predicted octanol–water partition coefficient (Wildman–Crippen LogP) is 2.26. The van der Waals surface area contributed by atoms with Crippen molar-refractivity contribution in [1.82, 2.24) is 10.4 Å². The fourth-order valence-corrected chi connectivity index (χ4v) is 1.47. The topological polar surface area (TPSA) is 63.6 Å². The van der Waals surface area contributed by atoms with Crippen molar-refractivity contribution < 1.29 is 9.53 Å². The van der Waals surface area contributed by atoms with E-state index in [1.807, 2.05) is 0 Å². The molecule has 0 aliphatic heterocycles. The lowest BCUT2D eigenvalue weighted by atomic mass is 10.3. The van der Waals surface area contributed by atoms with Crippen LogP contribution in [0.3, 0.4) is 0 Å². The zero-order valence-electron chi connectivity index (χ0n) is 10.5. The number of pyridine rings is 1. The van der Waals surface area contributed by atoms with Crippen molar-refractivity contribution in [3.63, 3.8) is 0 Å². The van der Waals surface area contributed by atoms with Gasteiger partial charge >= 0.3 is 0 Å². The molecule has 0 fully saturated rings. The first-order valence-corrected chi connectivity index (χ1v) is 6.22. The van der Waals surface area contributed by atoms with E-state index in [9.17, 15) is 4.79 Å². The second-order valence-electron chi connectivity index (χ2n) is 3.82. The minimum atomic E-state index is -0.342. The second kappa shape index (κ2) is 7.25. The highest BCUT2D eigenvalue weighted by atomic mass is 35.5. The maximum atomic E-state index is 11.5. The van der Waals surface area contributed by atoms with Crippen LogP contribution in [-0.2, 0) is 4.79 Å². The van der Waals surface area contributed by atoms with Gasteiger partial charge in [0.2, 0.25) is 0 Å². The van der Waals surface area contributed by atoms with Crippen molar-refractivity contribution in [2.75, 3.05) is 6.61 Å². The Labute approximate surface area is 121 Å². The van der Waals surface area contributed by atoms with Crippen LogP contribution >= 0.6 is 11.6 Å². The standard InChI is InChI=1S/C14H12ClN3O2/c15-12-1-3-13(4-2-12)20-10-14(19)18-17-9-11-5-7-16-8-6-11/h1-9H,10H2,(H,18,19). The molecule has 5 nitrogen and oxygen atoms in total. The summed E-state index contributed by atoms with van der Waals surface area (Å²) >= 11 is 5.74. The molecule has 0 saturated heterocycles. The highest BCUT2D eigenvalue weighted by molar-refractivity contribution is 6.30. The normalized spacial score (nSPS) is 10.4. The van der Waals surface area contributed by atoms with E-state index in [1.165, 1.54) is 6.21 Å². The van der Waals surface area contributed by atoms with Crippen molar-refractivity contribution in [1.29, 1.82) is 0 Å². The third kappa shape index (κ3) is 4.70. The molecule has 2 rings (SSSR count). The van der Waals surface area contributed by atoms with Gasteiger partial charge in [0.15, 0.2) is 6.61 Å². The molecule has 1 aromatic heterocycles. The van der Waals surface area contributed by atoms with Gasteiger partial charge in [-0.15, -0.1) is 0 Å². The van der Waals surface area contributed by atoms with Gasteiger partial charge in [-0.2, -0.15) is 5.10 Å². The molecule has 0 aliphatic rings. The average Bonchev–Trinajstić information content (AvgIpc) is 2.48. The fourth-order valence-electron chi connectivity index (χ4n) is 1.34. The maximum Gasteiger partial charge on any atom is 0.277 e. The molecule has 1 amide bonds. The smallest absolute Gasteiger partial charge is 0.277 e. The Morgan fingerprint density at radius 1 is 1.25 bits per heavy atom. The second-order valence-corrected chi connectivity index (χ2v) is 4.25. The number of carbonyl (C=O) groups is 1. The largest absolute Gasteiger partial charge is 0.484 e. The van der Waals surface area contributed by atoms with Crippen molar-refractivity contribution in [3.8, 4) is 5.75 Å². The first-order chi connectivity index (χ1) is 9.74. The number of amides is 1. The van der Waals surface area contributed by atoms with Gasteiger partial charge in [-0.25, -0.2) is 5.43 Å². The molecule has 1 N–H and O–H groups in total. The summed E-state index contributed by atoms with van der Waals surface area (Å²) in [6, 6.07) is 10.3. The Balaban J connectivity index is 1.76. The fraction of sp³-hybridized carbons (Fsp3) is 0.0714. The third-order valence-corrected chi connectivity index (χ3v) is 2.54. The number of ether oxygens (including phenoxy) is 1. The molecule has 1 heterocycles. The summed E-state index contributed by atoms with van der Waals surface area (Å²) in [5.74, 6) is 0.230. The lowest BCUT2D eigenvalue weighted by Crippen LogP contribution is -2.24. The summed E-state index contributed by atoms with van der Waals surface area (Å²) in [6.07, 6.45) is 4.82. The van der Waals surface area contributed by atoms with Gasteiger partial charge < -0.3 is 4.74 Å². The van der Waals surface area contributed by atoms with Crippen LogP contribution in [0.4, 0.5) is 0 Å². The molecule has 2 aromatic rings. The Hall–Kier alpha value is -2.40. The third-order valence-electron chi connectivity index (χ3n) is 2.29. The van der Waals surface area contributed by atoms with E-state index in [4.69, 9.17) is 16.3 Å². The van der Waals surface area contributed by atoms with E-state index in [0.717, 1.165) is 5.56 Å². The van der Waals surface area contributed by atoms with Crippen LogP contribution in [0.1, 0.15) is 5.56 Å². The molecule has 1 aromatic carbocycles. The molecule has 0 aliphatic carbocycles. The number of hydrazone groups is 1. The Morgan fingerprint density at radius 3 is 2.65 bits per heavy atom. The van der Waals surface area contributed by atoms with Crippen molar-refractivity contribution in [2.45, 2.75) is 0 Å². The first-order valence-electron chi connectivity index (χ1n) is 5.84. The van der Waals surface area contributed by atoms with E-state index in [0.29, 0.717) is 10.8 Å². The van der Waals surface area contributed by atoms with Crippen LogP contribution in [0.2, 0.25) is 5.02 Å². The van der Waals surface area contributed by atoms with Crippen molar-refractivity contribution >= 4 is 23.7 Å². The van der Waals surface area contributed by atoms with E-state index in [1.54, 1.807) is 48.8 Å². The van der Waals surface area contributed by atoms with Gasteiger partial charge in [0.1, 0.15) is 5.75 Å². The summed E-state index contributed by atoms with van der Waals surface area (Å²) in [4.78, 5) is 15.4. The van der Waals surface area contributed by atoms with Gasteiger partial charge in [0.25, 0.3) is 5.91 Å². The lowest BCUT2D eigenvalue weighted by Gasteiger charge is -2.04. The summed E-state index contributed by atoms with van der Waals surface area (Å²) in [5.41, 5.74) is 3.22. The maximum absolute atomic E-state index is 11.5. The van der Waals surface area contributed by atoms with Gasteiger partial charge in [-0.1, -0.05) is 11.6 Å². The van der Waals surface area contributed by atoms with Crippen molar-refractivity contribution in [3.05, 3.63) is 59.4 Å². The molecular formula is C14H12ClN3O2. The minimum absolute atomic E-state index is 0.116. The number of benzene rings is 1. The molecule has 6 heteroatoms.